The molecule has 5 nitrogen and oxygen atoms in total. The summed E-state index contributed by atoms with van der Waals surface area (Å²) in [7, 11) is 0. The molecular formula is C53H32N4O. The molecule has 0 saturated heterocycles. The highest BCUT2D eigenvalue weighted by Crippen LogP contribution is 2.40. The number of fused-ring (bicyclic) bond motifs is 8. The maximum atomic E-state index is 6.35. The molecule has 3 heterocycles. The lowest BCUT2D eigenvalue weighted by atomic mass is 9.92. The van der Waals surface area contributed by atoms with Crippen molar-refractivity contribution in [3.05, 3.63) is 194 Å². The third-order valence-electron chi connectivity index (χ3n) is 11.5. The minimum absolute atomic E-state index is 0.586. The average Bonchev–Trinajstić information content (AvgIpc) is 3.84. The second-order valence-electron chi connectivity index (χ2n) is 14.7. The Morgan fingerprint density at radius 2 is 0.897 bits per heavy atom. The van der Waals surface area contributed by atoms with E-state index in [4.69, 9.17) is 19.4 Å². The summed E-state index contributed by atoms with van der Waals surface area (Å²) in [5, 5.41) is 9.01. The molecule has 0 aliphatic rings. The fourth-order valence-corrected chi connectivity index (χ4v) is 8.87. The molecule has 270 valence electrons. The fraction of sp³-hybridized carbons (Fsp3) is 0. The van der Waals surface area contributed by atoms with E-state index in [9.17, 15) is 0 Å². The molecule has 0 amide bonds. The highest BCUT2D eigenvalue weighted by molar-refractivity contribution is 6.13. The van der Waals surface area contributed by atoms with Crippen LogP contribution in [0.3, 0.4) is 0 Å². The van der Waals surface area contributed by atoms with E-state index in [1.807, 2.05) is 30.3 Å². The van der Waals surface area contributed by atoms with Gasteiger partial charge in [-0.3, -0.25) is 0 Å². The van der Waals surface area contributed by atoms with E-state index < -0.39 is 0 Å². The molecule has 5 heteroatoms. The predicted octanol–water partition coefficient (Wildman–Crippen LogP) is 13.8. The van der Waals surface area contributed by atoms with Gasteiger partial charge in [-0.05, 0) is 69.1 Å². The van der Waals surface area contributed by atoms with Crippen molar-refractivity contribution in [2.45, 2.75) is 0 Å². The predicted molar refractivity (Wildman–Crippen MR) is 238 cm³/mol. The Morgan fingerprint density at radius 3 is 1.76 bits per heavy atom. The van der Waals surface area contributed by atoms with Crippen LogP contribution >= 0.6 is 0 Å². The summed E-state index contributed by atoms with van der Waals surface area (Å²) in [6, 6.07) is 68.0. The average molecular weight is 741 g/mol. The molecule has 0 spiro atoms. The molecule has 0 fully saturated rings. The number of para-hydroxylation sites is 3. The molecule has 0 saturated carbocycles. The first-order valence-corrected chi connectivity index (χ1v) is 19.5. The molecule has 0 aliphatic carbocycles. The summed E-state index contributed by atoms with van der Waals surface area (Å²) in [6.07, 6.45) is 0. The largest absolute Gasteiger partial charge is 0.456 e. The van der Waals surface area contributed by atoms with E-state index in [0.717, 1.165) is 66.1 Å². The van der Waals surface area contributed by atoms with Crippen molar-refractivity contribution in [2.75, 3.05) is 0 Å². The second-order valence-corrected chi connectivity index (χ2v) is 14.7. The van der Waals surface area contributed by atoms with Gasteiger partial charge in [-0.1, -0.05) is 158 Å². The standard InChI is InChI=1S/C53H32N4O/c1-2-16-35(17-3-1)57-46-27-8-6-19-41(46)42-31-30-34(32-47(42)57)51-54-52(56-53(55-51)45-26-13-29-49-50(45)44-20-7-9-28-48(44)58-49)43-25-12-23-39-38(22-11-24-40(39)43)37-21-10-15-33-14-4-5-18-36(33)37/h1-32H. The molecule has 58 heavy (non-hydrogen) atoms. The van der Waals surface area contributed by atoms with Gasteiger partial charge in [0.05, 0.1) is 11.0 Å². The first kappa shape index (κ1) is 32.4. The Morgan fingerprint density at radius 1 is 0.345 bits per heavy atom. The Labute approximate surface area is 333 Å². The summed E-state index contributed by atoms with van der Waals surface area (Å²) in [5.74, 6) is 1.79. The molecule has 0 atom stereocenters. The summed E-state index contributed by atoms with van der Waals surface area (Å²) in [6.45, 7) is 0. The van der Waals surface area contributed by atoms with E-state index in [-0.39, 0.29) is 0 Å². The van der Waals surface area contributed by atoms with Crippen molar-refractivity contribution in [3.8, 4) is 51.0 Å². The zero-order chi connectivity index (χ0) is 38.2. The van der Waals surface area contributed by atoms with Gasteiger partial charge in [-0.25, -0.2) is 15.0 Å². The van der Waals surface area contributed by atoms with Crippen LogP contribution in [-0.4, -0.2) is 19.5 Å². The zero-order valence-electron chi connectivity index (χ0n) is 31.2. The molecule has 9 aromatic carbocycles. The number of furan rings is 1. The van der Waals surface area contributed by atoms with Crippen molar-refractivity contribution in [3.63, 3.8) is 0 Å². The van der Waals surface area contributed by atoms with Gasteiger partial charge in [0.1, 0.15) is 11.2 Å². The summed E-state index contributed by atoms with van der Waals surface area (Å²) in [5.41, 5.74) is 10.0. The van der Waals surface area contributed by atoms with Crippen LogP contribution in [0.15, 0.2) is 199 Å². The number of hydrogen-bond acceptors (Lipinski definition) is 4. The van der Waals surface area contributed by atoms with Crippen molar-refractivity contribution >= 4 is 65.3 Å². The minimum atomic E-state index is 0.586. The number of rotatable bonds is 5. The van der Waals surface area contributed by atoms with Gasteiger partial charge in [0.25, 0.3) is 0 Å². The van der Waals surface area contributed by atoms with Crippen molar-refractivity contribution in [1.82, 2.24) is 19.5 Å². The number of hydrogen-bond donors (Lipinski definition) is 0. The van der Waals surface area contributed by atoms with Crippen LogP contribution in [0.5, 0.6) is 0 Å². The molecule has 0 N–H and O–H groups in total. The van der Waals surface area contributed by atoms with Gasteiger partial charge in [0.15, 0.2) is 17.5 Å². The quantitative estimate of drug-likeness (QED) is 0.176. The van der Waals surface area contributed by atoms with Crippen LogP contribution in [0.1, 0.15) is 0 Å². The molecule has 3 aromatic heterocycles. The normalized spacial score (nSPS) is 11.8. The van der Waals surface area contributed by atoms with Crippen LogP contribution in [-0.2, 0) is 0 Å². The topological polar surface area (TPSA) is 56.7 Å². The third-order valence-corrected chi connectivity index (χ3v) is 11.5. The van der Waals surface area contributed by atoms with E-state index in [0.29, 0.717) is 17.5 Å². The van der Waals surface area contributed by atoms with E-state index in [1.54, 1.807) is 0 Å². The number of benzene rings is 9. The van der Waals surface area contributed by atoms with E-state index in [1.165, 1.54) is 32.7 Å². The molecule has 0 aliphatic heterocycles. The molecule has 12 aromatic rings. The fourth-order valence-electron chi connectivity index (χ4n) is 8.87. The lowest BCUT2D eigenvalue weighted by Gasteiger charge is -2.14. The zero-order valence-corrected chi connectivity index (χ0v) is 31.2. The maximum absolute atomic E-state index is 6.35. The van der Waals surface area contributed by atoms with Gasteiger partial charge in [0, 0.05) is 43.9 Å². The SMILES string of the molecule is c1ccc(-n2c3ccccc3c3ccc(-c4nc(-c5cccc6c(-c7cccc8ccccc78)cccc56)nc(-c5cccc6oc7ccccc7c56)n4)cc32)cc1. The second kappa shape index (κ2) is 12.8. The maximum Gasteiger partial charge on any atom is 0.164 e. The van der Waals surface area contributed by atoms with Crippen LogP contribution in [0.25, 0.3) is 116 Å². The van der Waals surface area contributed by atoms with Gasteiger partial charge >= 0.3 is 0 Å². The van der Waals surface area contributed by atoms with Crippen molar-refractivity contribution in [2.24, 2.45) is 0 Å². The third kappa shape index (κ3) is 5.00. The van der Waals surface area contributed by atoms with Crippen LogP contribution in [0, 0.1) is 0 Å². The summed E-state index contributed by atoms with van der Waals surface area (Å²) < 4.78 is 8.67. The van der Waals surface area contributed by atoms with Crippen molar-refractivity contribution in [1.29, 1.82) is 0 Å². The smallest absolute Gasteiger partial charge is 0.164 e. The van der Waals surface area contributed by atoms with Gasteiger partial charge in [-0.15, -0.1) is 0 Å². The lowest BCUT2D eigenvalue weighted by molar-refractivity contribution is 0.669. The van der Waals surface area contributed by atoms with Gasteiger partial charge in [0.2, 0.25) is 0 Å². The molecule has 0 bridgehead atoms. The van der Waals surface area contributed by atoms with Crippen molar-refractivity contribution < 1.29 is 4.42 Å². The van der Waals surface area contributed by atoms with Crippen LogP contribution in [0.2, 0.25) is 0 Å². The first-order chi connectivity index (χ1) is 28.8. The van der Waals surface area contributed by atoms with E-state index >= 15 is 0 Å². The first-order valence-electron chi connectivity index (χ1n) is 19.5. The summed E-state index contributed by atoms with van der Waals surface area (Å²) in [4.78, 5) is 16.0. The monoisotopic (exact) mass is 740 g/mol. The molecule has 12 rings (SSSR count). The van der Waals surface area contributed by atoms with Crippen LogP contribution < -0.4 is 0 Å². The Hall–Kier alpha value is -7.89. The minimum Gasteiger partial charge on any atom is -0.456 e. The number of aromatic nitrogens is 4. The Balaban J connectivity index is 1.13. The number of nitrogens with zero attached hydrogens (tertiary/aromatic N) is 4. The van der Waals surface area contributed by atoms with E-state index in [2.05, 4.69) is 168 Å². The molecule has 0 radical (unpaired) electrons. The Kier molecular flexibility index (Phi) is 7.16. The highest BCUT2D eigenvalue weighted by atomic mass is 16.3. The molecular weight excluding hydrogens is 709 g/mol. The lowest BCUT2D eigenvalue weighted by Crippen LogP contribution is -2.01. The Bertz CT molecular complexity index is 3580. The summed E-state index contributed by atoms with van der Waals surface area (Å²) >= 11 is 0. The highest BCUT2D eigenvalue weighted by Gasteiger charge is 2.21. The van der Waals surface area contributed by atoms with Gasteiger partial charge in [-0.2, -0.15) is 0 Å². The van der Waals surface area contributed by atoms with Crippen LogP contribution in [0.4, 0.5) is 0 Å². The molecule has 0 unspecified atom stereocenters. The van der Waals surface area contributed by atoms with Gasteiger partial charge < -0.3 is 8.98 Å².